The number of rotatable bonds is 4. The van der Waals surface area contributed by atoms with Crippen molar-refractivity contribution in [1.29, 1.82) is 0 Å². The normalized spacial score (nSPS) is 14.6. The molecule has 0 N–H and O–H groups in total. The molecule has 0 spiro atoms. The standard InChI is InChI=1S/C20H20N6OS/c1-27-18-7-3-2-6-17(18)24-9-11-25(12-10-24)20-23-26-14-16(22-19(26)28-20)15-5-4-8-21-13-15/h2-8,13-14H,9-12H2,1H3. The Morgan fingerprint density at radius 3 is 2.57 bits per heavy atom. The van der Waals surface area contributed by atoms with E-state index in [0.29, 0.717) is 0 Å². The van der Waals surface area contributed by atoms with E-state index in [-0.39, 0.29) is 0 Å². The van der Waals surface area contributed by atoms with Crippen LogP contribution in [0.3, 0.4) is 0 Å². The number of hydrogen-bond donors (Lipinski definition) is 0. The maximum absolute atomic E-state index is 5.51. The lowest BCUT2D eigenvalue weighted by Gasteiger charge is -2.36. The fourth-order valence-electron chi connectivity index (χ4n) is 3.50. The highest BCUT2D eigenvalue weighted by Crippen LogP contribution is 2.31. The second kappa shape index (κ2) is 7.12. The van der Waals surface area contributed by atoms with Gasteiger partial charge in [0, 0.05) is 44.1 Å². The fraction of sp³-hybridized carbons (Fsp3) is 0.250. The van der Waals surface area contributed by atoms with Gasteiger partial charge in [0.05, 0.1) is 24.7 Å². The minimum absolute atomic E-state index is 0.902. The van der Waals surface area contributed by atoms with Crippen LogP contribution in [0.1, 0.15) is 0 Å². The van der Waals surface area contributed by atoms with Crippen molar-refractivity contribution in [3.8, 4) is 17.0 Å². The average Bonchev–Trinajstić information content (AvgIpc) is 3.34. The first-order valence-corrected chi connectivity index (χ1v) is 10.0. The van der Waals surface area contributed by atoms with E-state index < -0.39 is 0 Å². The SMILES string of the molecule is COc1ccccc1N1CCN(c2nn3cc(-c4cccnc4)nc3s2)CC1. The van der Waals surface area contributed by atoms with E-state index in [9.17, 15) is 0 Å². The molecule has 1 fully saturated rings. The number of pyridine rings is 1. The molecule has 5 rings (SSSR count). The van der Waals surface area contributed by atoms with Gasteiger partial charge in [-0.2, -0.15) is 0 Å². The van der Waals surface area contributed by atoms with Crippen molar-refractivity contribution in [3.05, 3.63) is 55.0 Å². The number of aromatic nitrogens is 4. The summed E-state index contributed by atoms with van der Waals surface area (Å²) in [5, 5.41) is 5.76. The van der Waals surface area contributed by atoms with Crippen molar-refractivity contribution in [1.82, 2.24) is 19.6 Å². The Labute approximate surface area is 166 Å². The summed E-state index contributed by atoms with van der Waals surface area (Å²) in [6, 6.07) is 12.1. The van der Waals surface area contributed by atoms with E-state index in [1.807, 2.05) is 41.2 Å². The predicted octanol–water partition coefficient (Wildman–Crippen LogP) is 3.19. The Morgan fingerprint density at radius 1 is 1.00 bits per heavy atom. The van der Waals surface area contributed by atoms with Crippen molar-refractivity contribution in [2.24, 2.45) is 0 Å². The van der Waals surface area contributed by atoms with Crippen LogP contribution in [0.2, 0.25) is 0 Å². The molecule has 1 aliphatic heterocycles. The van der Waals surface area contributed by atoms with Crippen molar-refractivity contribution < 1.29 is 4.74 Å². The van der Waals surface area contributed by atoms with Crippen LogP contribution in [0, 0.1) is 0 Å². The number of benzene rings is 1. The van der Waals surface area contributed by atoms with Crippen molar-refractivity contribution in [3.63, 3.8) is 0 Å². The summed E-state index contributed by atoms with van der Waals surface area (Å²) in [7, 11) is 1.72. The smallest absolute Gasteiger partial charge is 0.214 e. The van der Waals surface area contributed by atoms with Crippen LogP contribution in [-0.2, 0) is 0 Å². The van der Waals surface area contributed by atoms with Crippen molar-refractivity contribution in [2.45, 2.75) is 0 Å². The van der Waals surface area contributed by atoms with E-state index in [1.165, 1.54) is 0 Å². The van der Waals surface area contributed by atoms with Crippen LogP contribution in [0.5, 0.6) is 5.75 Å². The maximum atomic E-state index is 5.51. The zero-order chi connectivity index (χ0) is 18.9. The van der Waals surface area contributed by atoms with Crippen molar-refractivity contribution >= 4 is 27.1 Å². The largest absolute Gasteiger partial charge is 0.495 e. The number of ether oxygens (including phenoxy) is 1. The molecular formula is C20H20N6OS. The number of hydrogen-bond acceptors (Lipinski definition) is 7. The Hall–Kier alpha value is -3.13. The Bertz CT molecular complexity index is 1050. The summed E-state index contributed by atoms with van der Waals surface area (Å²) in [6.07, 6.45) is 5.56. The van der Waals surface area contributed by atoms with Gasteiger partial charge >= 0.3 is 0 Å². The van der Waals surface area contributed by atoms with Gasteiger partial charge in [0.2, 0.25) is 10.1 Å². The van der Waals surface area contributed by atoms with E-state index in [0.717, 1.165) is 59.0 Å². The molecular weight excluding hydrogens is 372 g/mol. The van der Waals surface area contributed by atoms with E-state index in [4.69, 9.17) is 14.8 Å². The molecule has 0 amide bonds. The summed E-state index contributed by atoms with van der Waals surface area (Å²) >= 11 is 1.63. The predicted molar refractivity (Wildman–Crippen MR) is 112 cm³/mol. The second-order valence-electron chi connectivity index (χ2n) is 6.63. The molecule has 4 heterocycles. The first kappa shape index (κ1) is 17.0. The zero-order valence-electron chi connectivity index (χ0n) is 15.5. The summed E-state index contributed by atoms with van der Waals surface area (Å²) in [5.74, 6) is 0.923. The molecule has 3 aromatic heterocycles. The van der Waals surface area contributed by atoms with Gasteiger partial charge in [-0.15, -0.1) is 5.10 Å². The van der Waals surface area contributed by atoms with Gasteiger partial charge < -0.3 is 14.5 Å². The summed E-state index contributed by atoms with van der Waals surface area (Å²) < 4.78 is 7.38. The van der Waals surface area contributed by atoms with Gasteiger partial charge in [-0.1, -0.05) is 23.5 Å². The number of para-hydroxylation sites is 2. The van der Waals surface area contributed by atoms with E-state index in [1.54, 1.807) is 24.6 Å². The van der Waals surface area contributed by atoms with Crippen LogP contribution < -0.4 is 14.5 Å². The van der Waals surface area contributed by atoms with Crippen molar-refractivity contribution in [2.75, 3.05) is 43.1 Å². The molecule has 0 atom stereocenters. The lowest BCUT2D eigenvalue weighted by atomic mass is 10.2. The van der Waals surface area contributed by atoms with Gasteiger partial charge in [0.25, 0.3) is 0 Å². The molecule has 0 saturated carbocycles. The quantitative estimate of drug-likeness (QED) is 0.532. The minimum Gasteiger partial charge on any atom is -0.495 e. The first-order chi connectivity index (χ1) is 13.8. The molecule has 0 aliphatic carbocycles. The second-order valence-corrected chi connectivity index (χ2v) is 7.56. The summed E-state index contributed by atoms with van der Waals surface area (Å²) in [4.78, 5) is 14.5. The van der Waals surface area contributed by atoms with Crippen LogP contribution in [0.25, 0.3) is 16.2 Å². The molecule has 28 heavy (non-hydrogen) atoms. The van der Waals surface area contributed by atoms with Crippen LogP contribution in [-0.4, -0.2) is 52.9 Å². The molecule has 0 radical (unpaired) electrons. The van der Waals surface area contributed by atoms with Gasteiger partial charge in [0.1, 0.15) is 5.75 Å². The Kier molecular flexibility index (Phi) is 4.32. The number of methoxy groups -OCH3 is 1. The summed E-state index contributed by atoms with van der Waals surface area (Å²) in [6.45, 7) is 3.71. The number of imidazole rings is 1. The van der Waals surface area contributed by atoms with Gasteiger partial charge in [-0.3, -0.25) is 4.98 Å². The van der Waals surface area contributed by atoms with Gasteiger partial charge in [0.15, 0.2) is 0 Å². The third-order valence-electron chi connectivity index (χ3n) is 4.97. The fourth-order valence-corrected chi connectivity index (χ4v) is 4.44. The first-order valence-electron chi connectivity index (χ1n) is 9.21. The highest BCUT2D eigenvalue weighted by atomic mass is 32.1. The molecule has 0 bridgehead atoms. The van der Waals surface area contributed by atoms with Gasteiger partial charge in [-0.25, -0.2) is 9.50 Å². The maximum Gasteiger partial charge on any atom is 0.214 e. The number of piperazine rings is 1. The average molecular weight is 392 g/mol. The number of anilines is 2. The van der Waals surface area contributed by atoms with Gasteiger partial charge in [-0.05, 0) is 24.3 Å². The summed E-state index contributed by atoms with van der Waals surface area (Å²) in [5.41, 5.74) is 3.06. The third-order valence-corrected chi connectivity index (χ3v) is 5.95. The third kappa shape index (κ3) is 3.05. The topological polar surface area (TPSA) is 58.8 Å². The molecule has 0 unspecified atom stereocenters. The lowest BCUT2D eigenvalue weighted by molar-refractivity contribution is 0.413. The number of fused-ring (bicyclic) bond motifs is 1. The van der Waals surface area contributed by atoms with Crippen LogP contribution in [0.15, 0.2) is 55.0 Å². The number of nitrogens with zero attached hydrogens (tertiary/aromatic N) is 6. The van der Waals surface area contributed by atoms with E-state index >= 15 is 0 Å². The highest BCUT2D eigenvalue weighted by Gasteiger charge is 2.22. The van der Waals surface area contributed by atoms with Crippen LogP contribution >= 0.6 is 11.3 Å². The monoisotopic (exact) mass is 392 g/mol. The molecule has 8 heteroatoms. The zero-order valence-corrected chi connectivity index (χ0v) is 16.3. The Morgan fingerprint density at radius 2 is 1.82 bits per heavy atom. The molecule has 1 saturated heterocycles. The molecule has 1 aliphatic rings. The Balaban J connectivity index is 1.31. The molecule has 142 valence electrons. The van der Waals surface area contributed by atoms with Crippen LogP contribution in [0.4, 0.5) is 10.8 Å². The van der Waals surface area contributed by atoms with E-state index in [2.05, 4.69) is 26.9 Å². The molecule has 1 aromatic carbocycles. The molecule has 4 aromatic rings. The highest BCUT2D eigenvalue weighted by molar-refractivity contribution is 7.20. The molecule has 7 nitrogen and oxygen atoms in total. The lowest BCUT2D eigenvalue weighted by Crippen LogP contribution is -2.46. The minimum atomic E-state index is 0.902.